The van der Waals surface area contributed by atoms with Crippen LogP contribution in [0.3, 0.4) is 0 Å². The summed E-state index contributed by atoms with van der Waals surface area (Å²) in [4.78, 5) is 10.9. The first-order valence-electron chi connectivity index (χ1n) is 6.29. The second-order valence-corrected chi connectivity index (χ2v) is 4.56. The summed E-state index contributed by atoms with van der Waals surface area (Å²) in [6, 6.07) is 11.2. The summed E-state index contributed by atoms with van der Waals surface area (Å²) in [6.07, 6.45) is 1.54. The summed E-state index contributed by atoms with van der Waals surface area (Å²) in [5.41, 5.74) is 1.49. The van der Waals surface area contributed by atoms with Crippen LogP contribution in [0.1, 0.15) is 15.9 Å². The van der Waals surface area contributed by atoms with Crippen molar-refractivity contribution in [3.05, 3.63) is 59.9 Å². The van der Waals surface area contributed by atoms with Gasteiger partial charge in [0.25, 0.3) is 0 Å². The van der Waals surface area contributed by atoms with Crippen LogP contribution in [0, 0.1) is 0 Å². The molecule has 0 fully saturated rings. The zero-order valence-electron chi connectivity index (χ0n) is 10.9. The number of fused-ring (bicyclic) bond motifs is 1. The van der Waals surface area contributed by atoms with Crippen molar-refractivity contribution in [2.75, 3.05) is 0 Å². The summed E-state index contributed by atoms with van der Waals surface area (Å²) in [6.45, 7) is 0.267. The van der Waals surface area contributed by atoms with Crippen LogP contribution < -0.4 is 4.74 Å². The smallest absolute Gasteiger partial charge is 0.335 e. The lowest BCUT2D eigenvalue weighted by Gasteiger charge is -2.05. The lowest BCUT2D eigenvalue weighted by atomic mass is 10.1. The number of carboxylic acid groups (broad SMARTS) is 1. The highest BCUT2D eigenvalue weighted by atomic mass is 16.5. The minimum absolute atomic E-state index is 0.135. The fourth-order valence-electron chi connectivity index (χ4n) is 2.06. The zero-order chi connectivity index (χ0) is 14.8. The molecule has 0 aliphatic carbocycles. The van der Waals surface area contributed by atoms with E-state index in [1.54, 1.807) is 30.5 Å². The minimum Gasteiger partial charge on any atom is -0.508 e. The van der Waals surface area contributed by atoms with E-state index in [-0.39, 0.29) is 17.9 Å². The molecule has 0 radical (unpaired) electrons. The first kappa shape index (κ1) is 13.1. The summed E-state index contributed by atoms with van der Waals surface area (Å²) in [5, 5.41) is 19.1. The van der Waals surface area contributed by atoms with Gasteiger partial charge in [0.05, 0.1) is 11.8 Å². The van der Waals surface area contributed by atoms with Crippen molar-refractivity contribution in [2.45, 2.75) is 6.61 Å². The van der Waals surface area contributed by atoms with Crippen molar-refractivity contribution in [3.63, 3.8) is 0 Å². The highest BCUT2D eigenvalue weighted by molar-refractivity contribution is 5.93. The van der Waals surface area contributed by atoms with Gasteiger partial charge in [-0.25, -0.2) is 4.79 Å². The predicted molar refractivity (Wildman–Crippen MR) is 75.6 cm³/mol. The summed E-state index contributed by atoms with van der Waals surface area (Å²) in [5.74, 6) is -0.312. The monoisotopic (exact) mass is 284 g/mol. The van der Waals surface area contributed by atoms with E-state index < -0.39 is 5.97 Å². The molecule has 0 saturated carbocycles. The quantitative estimate of drug-likeness (QED) is 0.767. The summed E-state index contributed by atoms with van der Waals surface area (Å²) in [7, 11) is 0. The number of hydrogen-bond acceptors (Lipinski definition) is 4. The van der Waals surface area contributed by atoms with E-state index in [0.29, 0.717) is 11.3 Å². The van der Waals surface area contributed by atoms with Crippen LogP contribution in [0.25, 0.3) is 11.0 Å². The molecule has 0 aliphatic heterocycles. The molecule has 1 heterocycles. The Morgan fingerprint density at radius 3 is 2.81 bits per heavy atom. The Morgan fingerprint density at radius 2 is 2.05 bits per heavy atom. The van der Waals surface area contributed by atoms with Crippen molar-refractivity contribution in [3.8, 4) is 11.5 Å². The molecule has 21 heavy (non-hydrogen) atoms. The van der Waals surface area contributed by atoms with E-state index in [0.717, 1.165) is 10.9 Å². The van der Waals surface area contributed by atoms with Gasteiger partial charge in [0.2, 0.25) is 0 Å². The van der Waals surface area contributed by atoms with Crippen molar-refractivity contribution in [1.82, 2.24) is 0 Å². The standard InChI is InChI=1S/C16H12O5/c17-12-2-1-3-13(7-12)20-8-11-9-21-15-6-10(16(18)19)4-5-14(11)15/h1-7,9,17H,8H2,(H,18,19). The molecule has 0 saturated heterocycles. The minimum atomic E-state index is -0.995. The molecular weight excluding hydrogens is 272 g/mol. The summed E-state index contributed by atoms with van der Waals surface area (Å²) < 4.78 is 10.9. The SMILES string of the molecule is O=C(O)c1ccc2c(COc3cccc(O)c3)coc2c1. The highest BCUT2D eigenvalue weighted by Crippen LogP contribution is 2.25. The number of benzene rings is 2. The lowest BCUT2D eigenvalue weighted by molar-refractivity contribution is 0.0697. The van der Waals surface area contributed by atoms with Gasteiger partial charge in [-0.3, -0.25) is 0 Å². The Bertz CT molecular complexity index is 803. The number of phenols is 1. The van der Waals surface area contributed by atoms with Crippen molar-refractivity contribution in [1.29, 1.82) is 0 Å². The average Bonchev–Trinajstić information content (AvgIpc) is 2.87. The Balaban J connectivity index is 1.83. The van der Waals surface area contributed by atoms with Gasteiger partial charge in [0.15, 0.2) is 0 Å². The Kier molecular flexibility index (Phi) is 3.23. The van der Waals surface area contributed by atoms with Gasteiger partial charge in [-0.15, -0.1) is 0 Å². The van der Waals surface area contributed by atoms with Gasteiger partial charge in [0, 0.05) is 17.0 Å². The van der Waals surface area contributed by atoms with E-state index in [4.69, 9.17) is 14.3 Å². The lowest BCUT2D eigenvalue weighted by Crippen LogP contribution is -1.96. The fraction of sp³-hybridized carbons (Fsp3) is 0.0625. The molecule has 0 atom stereocenters. The van der Waals surface area contributed by atoms with E-state index in [1.807, 2.05) is 0 Å². The molecule has 5 nitrogen and oxygen atoms in total. The molecule has 3 rings (SSSR count). The van der Waals surface area contributed by atoms with Crippen LogP contribution in [-0.4, -0.2) is 16.2 Å². The van der Waals surface area contributed by atoms with E-state index >= 15 is 0 Å². The number of carbonyl (C=O) groups is 1. The average molecular weight is 284 g/mol. The van der Waals surface area contributed by atoms with Crippen molar-refractivity contribution >= 4 is 16.9 Å². The number of furan rings is 1. The van der Waals surface area contributed by atoms with Crippen molar-refractivity contribution < 1.29 is 24.2 Å². The normalized spacial score (nSPS) is 10.7. The number of rotatable bonds is 4. The number of ether oxygens (including phenoxy) is 1. The van der Waals surface area contributed by atoms with Gasteiger partial charge in [-0.2, -0.15) is 0 Å². The second kappa shape index (κ2) is 5.20. The maximum atomic E-state index is 10.9. The Labute approximate surface area is 120 Å². The molecule has 0 amide bonds. The van der Waals surface area contributed by atoms with Gasteiger partial charge >= 0.3 is 5.97 Å². The van der Waals surface area contributed by atoms with Gasteiger partial charge in [0.1, 0.15) is 23.7 Å². The number of carboxylic acids is 1. The van der Waals surface area contributed by atoms with E-state index in [9.17, 15) is 9.90 Å². The molecule has 1 aromatic heterocycles. The third kappa shape index (κ3) is 2.67. The molecule has 2 N–H and O–H groups in total. The second-order valence-electron chi connectivity index (χ2n) is 4.56. The van der Waals surface area contributed by atoms with Crippen LogP contribution >= 0.6 is 0 Å². The molecule has 0 unspecified atom stereocenters. The zero-order valence-corrected chi connectivity index (χ0v) is 10.9. The van der Waals surface area contributed by atoms with Crippen LogP contribution in [0.5, 0.6) is 11.5 Å². The van der Waals surface area contributed by atoms with Crippen molar-refractivity contribution in [2.24, 2.45) is 0 Å². The van der Waals surface area contributed by atoms with E-state index in [2.05, 4.69) is 0 Å². The van der Waals surface area contributed by atoms with Crippen LogP contribution in [0.15, 0.2) is 53.1 Å². The molecule has 0 aliphatic rings. The van der Waals surface area contributed by atoms with Gasteiger partial charge in [-0.05, 0) is 30.3 Å². The molecule has 106 valence electrons. The fourth-order valence-corrected chi connectivity index (χ4v) is 2.06. The van der Waals surface area contributed by atoms with Crippen LogP contribution in [-0.2, 0) is 6.61 Å². The highest BCUT2D eigenvalue weighted by Gasteiger charge is 2.10. The van der Waals surface area contributed by atoms with Crippen LogP contribution in [0.2, 0.25) is 0 Å². The largest absolute Gasteiger partial charge is 0.508 e. The van der Waals surface area contributed by atoms with E-state index in [1.165, 1.54) is 18.2 Å². The molecule has 0 bridgehead atoms. The maximum Gasteiger partial charge on any atom is 0.335 e. The first-order chi connectivity index (χ1) is 10.1. The topological polar surface area (TPSA) is 79.9 Å². The molecule has 2 aromatic carbocycles. The molecule has 0 spiro atoms. The summed E-state index contributed by atoms with van der Waals surface area (Å²) >= 11 is 0. The Hall–Kier alpha value is -2.95. The third-order valence-electron chi connectivity index (χ3n) is 3.11. The number of aromatic carboxylic acids is 1. The number of phenolic OH excluding ortho intramolecular Hbond substituents is 1. The predicted octanol–water partition coefficient (Wildman–Crippen LogP) is 3.42. The number of hydrogen-bond donors (Lipinski definition) is 2. The third-order valence-corrected chi connectivity index (χ3v) is 3.11. The number of aromatic hydroxyl groups is 1. The van der Waals surface area contributed by atoms with Gasteiger partial charge in [-0.1, -0.05) is 6.07 Å². The Morgan fingerprint density at radius 1 is 1.19 bits per heavy atom. The molecule has 5 heteroatoms. The van der Waals surface area contributed by atoms with Gasteiger partial charge < -0.3 is 19.4 Å². The molecular formula is C16H12O5. The van der Waals surface area contributed by atoms with Crippen LogP contribution in [0.4, 0.5) is 0 Å². The molecule has 3 aromatic rings. The first-order valence-corrected chi connectivity index (χ1v) is 6.29. The maximum absolute atomic E-state index is 10.9.